The number of aliphatic hydroxyl groups excluding tert-OH is 2. The zero-order chi connectivity index (χ0) is 14.3. The molecule has 4 atom stereocenters. The van der Waals surface area contributed by atoms with Crippen molar-refractivity contribution in [2.24, 2.45) is 0 Å². The molecule has 1 fully saturated rings. The Bertz CT molecular complexity index is 623. The fourth-order valence-corrected chi connectivity index (χ4v) is 2.26. The van der Waals surface area contributed by atoms with Gasteiger partial charge >= 0.3 is 0 Å². The fraction of sp³-hybridized carbons (Fsp3) is 0.500. The van der Waals surface area contributed by atoms with Gasteiger partial charge < -0.3 is 20.7 Å². The van der Waals surface area contributed by atoms with E-state index in [9.17, 15) is 9.63 Å². The Balaban J connectivity index is 2.01. The van der Waals surface area contributed by atoms with Crippen LogP contribution in [0.2, 0.25) is 0 Å². The molecule has 2 aromatic rings. The van der Waals surface area contributed by atoms with Crippen molar-refractivity contribution in [1.82, 2.24) is 19.5 Å². The number of halogens is 1. The predicted molar refractivity (Wildman–Crippen MR) is 62.7 cm³/mol. The average molecular weight is 285 g/mol. The summed E-state index contributed by atoms with van der Waals surface area (Å²) in [6.45, 7) is -0.494. The number of imidazole rings is 1. The molecular weight excluding hydrogens is 273 g/mol. The second kappa shape index (κ2) is 4.90. The van der Waals surface area contributed by atoms with E-state index in [1.54, 1.807) is 0 Å². The van der Waals surface area contributed by atoms with Gasteiger partial charge in [-0.1, -0.05) is 0 Å². The van der Waals surface area contributed by atoms with Gasteiger partial charge in [-0.15, -0.1) is 0 Å². The first-order valence-corrected chi connectivity index (χ1v) is 5.82. The molecule has 0 saturated carbocycles. The van der Waals surface area contributed by atoms with Crippen molar-refractivity contribution >= 4 is 17.0 Å². The molecule has 1 aliphatic rings. The summed E-state index contributed by atoms with van der Waals surface area (Å²) in [5, 5.41) is 19.1. The third-order valence-corrected chi connectivity index (χ3v) is 3.25. The fourth-order valence-electron chi connectivity index (χ4n) is 2.26. The second-order valence-electron chi connectivity index (χ2n) is 4.37. The molecule has 108 valence electrons. The SMILES string of the molecule is Nc1ncnc2c1ncn2[C@@H]1O[C@H](CO)C(OF)C1O. The molecule has 3 rings (SSSR count). The third-order valence-electron chi connectivity index (χ3n) is 3.25. The number of fused-ring (bicyclic) bond motifs is 1. The highest BCUT2D eigenvalue weighted by atomic mass is 19.3. The third kappa shape index (κ3) is 1.81. The first kappa shape index (κ1) is 13.1. The van der Waals surface area contributed by atoms with E-state index in [0.29, 0.717) is 11.2 Å². The molecule has 0 spiro atoms. The van der Waals surface area contributed by atoms with E-state index in [0.717, 1.165) is 0 Å². The molecule has 0 radical (unpaired) electrons. The molecule has 4 N–H and O–H groups in total. The number of aromatic nitrogens is 4. The molecule has 3 heterocycles. The highest BCUT2D eigenvalue weighted by molar-refractivity contribution is 5.81. The van der Waals surface area contributed by atoms with Crippen LogP contribution in [-0.4, -0.2) is 54.7 Å². The Morgan fingerprint density at radius 1 is 1.45 bits per heavy atom. The van der Waals surface area contributed by atoms with Crippen molar-refractivity contribution in [3.63, 3.8) is 0 Å². The Morgan fingerprint density at radius 2 is 2.25 bits per heavy atom. The maximum Gasteiger partial charge on any atom is 0.167 e. The summed E-state index contributed by atoms with van der Waals surface area (Å²) in [5.41, 5.74) is 6.33. The topological polar surface area (TPSA) is 129 Å². The summed E-state index contributed by atoms with van der Waals surface area (Å²) in [6, 6.07) is 0. The summed E-state index contributed by atoms with van der Waals surface area (Å²) < 4.78 is 19.2. The van der Waals surface area contributed by atoms with Crippen LogP contribution in [0.15, 0.2) is 12.7 Å². The summed E-state index contributed by atoms with van der Waals surface area (Å²) in [5.74, 6) is 0.179. The largest absolute Gasteiger partial charge is 0.394 e. The van der Waals surface area contributed by atoms with Gasteiger partial charge in [0, 0.05) is 0 Å². The minimum absolute atomic E-state index is 0.179. The van der Waals surface area contributed by atoms with Crippen LogP contribution in [0.4, 0.5) is 10.3 Å². The summed E-state index contributed by atoms with van der Waals surface area (Å²) in [7, 11) is 0. The van der Waals surface area contributed by atoms with Crippen molar-refractivity contribution in [1.29, 1.82) is 0 Å². The lowest BCUT2D eigenvalue weighted by molar-refractivity contribution is -0.214. The van der Waals surface area contributed by atoms with Crippen molar-refractivity contribution in [3.05, 3.63) is 12.7 Å². The minimum atomic E-state index is -1.33. The van der Waals surface area contributed by atoms with E-state index in [2.05, 4.69) is 19.9 Å². The van der Waals surface area contributed by atoms with Crippen LogP contribution in [0.3, 0.4) is 0 Å². The molecule has 0 amide bonds. The van der Waals surface area contributed by atoms with Crippen LogP contribution >= 0.6 is 0 Å². The number of hydrogen-bond acceptors (Lipinski definition) is 8. The van der Waals surface area contributed by atoms with E-state index < -0.39 is 31.1 Å². The monoisotopic (exact) mass is 285 g/mol. The van der Waals surface area contributed by atoms with Crippen molar-refractivity contribution < 1.29 is 24.4 Å². The van der Waals surface area contributed by atoms with Crippen LogP contribution in [-0.2, 0) is 9.68 Å². The standard InChI is InChI=1S/C10H12FN5O4/c11-20-7-4(1-17)19-10(6(7)18)16-3-15-5-8(12)13-2-14-9(5)16/h2-4,6-7,10,17-18H,1H2,(H2,12,13,14)/t4-,6?,7?,10-/m1/s1. The molecule has 2 unspecified atom stereocenters. The lowest BCUT2D eigenvalue weighted by atomic mass is 10.1. The van der Waals surface area contributed by atoms with Crippen molar-refractivity contribution in [2.45, 2.75) is 24.5 Å². The normalized spacial score (nSPS) is 30.1. The summed E-state index contributed by atoms with van der Waals surface area (Å²) in [6.07, 6.45) is -2.01. The van der Waals surface area contributed by atoms with Crippen LogP contribution in [0.25, 0.3) is 11.2 Å². The zero-order valence-electron chi connectivity index (χ0n) is 10.1. The number of nitrogens with two attached hydrogens (primary N) is 1. The van der Waals surface area contributed by atoms with Crippen LogP contribution in [0, 0.1) is 0 Å². The molecule has 10 heteroatoms. The maximum absolute atomic E-state index is 12.5. The molecule has 0 aliphatic carbocycles. The van der Waals surface area contributed by atoms with E-state index in [1.165, 1.54) is 17.2 Å². The van der Waals surface area contributed by atoms with Gasteiger partial charge in [-0.2, -0.15) is 4.94 Å². The van der Waals surface area contributed by atoms with E-state index >= 15 is 0 Å². The van der Waals surface area contributed by atoms with Gasteiger partial charge in [0.15, 0.2) is 23.8 Å². The van der Waals surface area contributed by atoms with Gasteiger partial charge in [0.1, 0.15) is 24.1 Å². The minimum Gasteiger partial charge on any atom is -0.394 e. The Kier molecular flexibility index (Phi) is 3.22. The van der Waals surface area contributed by atoms with Crippen LogP contribution in [0.5, 0.6) is 0 Å². The summed E-state index contributed by atoms with van der Waals surface area (Å²) in [4.78, 5) is 15.5. The van der Waals surface area contributed by atoms with Crippen LogP contribution in [0.1, 0.15) is 6.23 Å². The second-order valence-corrected chi connectivity index (χ2v) is 4.37. The van der Waals surface area contributed by atoms with Crippen LogP contribution < -0.4 is 5.73 Å². The first-order chi connectivity index (χ1) is 9.67. The molecule has 2 aromatic heterocycles. The molecule has 0 aromatic carbocycles. The molecule has 1 aliphatic heterocycles. The number of ether oxygens (including phenoxy) is 1. The van der Waals surface area contributed by atoms with Gasteiger partial charge in [0.2, 0.25) is 0 Å². The van der Waals surface area contributed by atoms with Gasteiger partial charge in [0.25, 0.3) is 0 Å². The molecule has 9 nitrogen and oxygen atoms in total. The first-order valence-electron chi connectivity index (χ1n) is 5.82. The number of nitrogen functional groups attached to an aromatic ring is 1. The number of hydrogen-bond donors (Lipinski definition) is 3. The van der Waals surface area contributed by atoms with Gasteiger partial charge in [-0.05, 0) is 4.53 Å². The van der Waals surface area contributed by atoms with E-state index in [1.807, 2.05) is 0 Å². The Labute approximate surface area is 111 Å². The number of rotatable bonds is 3. The van der Waals surface area contributed by atoms with Gasteiger partial charge in [-0.25, -0.2) is 15.0 Å². The van der Waals surface area contributed by atoms with Crippen molar-refractivity contribution in [2.75, 3.05) is 12.3 Å². The van der Waals surface area contributed by atoms with Gasteiger partial charge in [0.05, 0.1) is 12.9 Å². The number of anilines is 1. The smallest absolute Gasteiger partial charge is 0.167 e. The maximum atomic E-state index is 12.5. The molecule has 20 heavy (non-hydrogen) atoms. The van der Waals surface area contributed by atoms with E-state index in [-0.39, 0.29) is 5.82 Å². The number of nitrogens with zero attached hydrogens (tertiary/aromatic N) is 4. The zero-order valence-corrected chi connectivity index (χ0v) is 10.1. The molecule has 1 saturated heterocycles. The average Bonchev–Trinajstić information content (AvgIpc) is 3.00. The van der Waals surface area contributed by atoms with Gasteiger partial charge in [-0.3, -0.25) is 4.57 Å². The predicted octanol–water partition coefficient (Wildman–Crippen LogP) is -1.07. The highest BCUT2D eigenvalue weighted by Gasteiger charge is 2.46. The Hall–Kier alpha value is -1.88. The Morgan fingerprint density at radius 3 is 2.90 bits per heavy atom. The number of aliphatic hydroxyl groups is 2. The lowest BCUT2D eigenvalue weighted by Gasteiger charge is -2.16. The van der Waals surface area contributed by atoms with E-state index in [4.69, 9.17) is 15.6 Å². The van der Waals surface area contributed by atoms with Crippen molar-refractivity contribution in [3.8, 4) is 0 Å². The summed E-state index contributed by atoms with van der Waals surface area (Å²) >= 11 is 0. The highest BCUT2D eigenvalue weighted by Crippen LogP contribution is 2.33. The molecular formula is C10H12FN5O4. The quantitative estimate of drug-likeness (QED) is 0.650. The molecule has 0 bridgehead atoms. The lowest BCUT2D eigenvalue weighted by Crippen LogP contribution is -2.34.